The van der Waals surface area contributed by atoms with E-state index in [1.54, 1.807) is 0 Å². The molecule has 288 valence electrons. The monoisotopic (exact) mass is 781 g/mol. The summed E-state index contributed by atoms with van der Waals surface area (Å²) >= 11 is 0. The lowest BCUT2D eigenvalue weighted by Gasteiger charge is -2.19. The molecule has 0 saturated carbocycles. The summed E-state index contributed by atoms with van der Waals surface area (Å²) in [5, 5.41) is 7.31. The summed E-state index contributed by atoms with van der Waals surface area (Å²) in [6, 6.07) is 56.4. The molecule has 0 fully saturated rings. The molecular weight excluding hydrogens is 743 g/mol. The first-order valence-corrected chi connectivity index (χ1v) is 21.2. The summed E-state index contributed by atoms with van der Waals surface area (Å²) in [6.45, 7) is 0. The summed E-state index contributed by atoms with van der Waals surface area (Å²) in [4.78, 5) is 15.6. The minimum atomic E-state index is 0.0431. The molecule has 2 aliphatic rings. The molecule has 0 spiro atoms. The molecule has 0 N–H and O–H groups in total. The van der Waals surface area contributed by atoms with Crippen molar-refractivity contribution in [2.45, 2.75) is 25.2 Å². The van der Waals surface area contributed by atoms with E-state index >= 15 is 0 Å². The first kappa shape index (κ1) is 35.3. The number of allylic oxidation sites excluding steroid dienone is 5. The van der Waals surface area contributed by atoms with Crippen LogP contribution in [0.4, 0.5) is 0 Å². The van der Waals surface area contributed by atoms with Crippen molar-refractivity contribution in [3.05, 3.63) is 205 Å². The van der Waals surface area contributed by atoms with Gasteiger partial charge in [-0.2, -0.15) is 0 Å². The van der Waals surface area contributed by atoms with Gasteiger partial charge in [-0.3, -0.25) is 0 Å². The van der Waals surface area contributed by atoms with E-state index in [4.69, 9.17) is 19.4 Å². The fourth-order valence-corrected chi connectivity index (χ4v) is 9.64. The second-order valence-corrected chi connectivity index (χ2v) is 16.1. The van der Waals surface area contributed by atoms with Gasteiger partial charge in [-0.1, -0.05) is 170 Å². The number of furan rings is 1. The van der Waals surface area contributed by atoms with Crippen LogP contribution in [0.3, 0.4) is 0 Å². The van der Waals surface area contributed by atoms with Gasteiger partial charge in [0, 0.05) is 27.8 Å². The second kappa shape index (κ2) is 14.5. The third-order valence-corrected chi connectivity index (χ3v) is 12.5. The molecule has 0 amide bonds. The van der Waals surface area contributed by atoms with E-state index in [1.165, 1.54) is 49.4 Å². The zero-order chi connectivity index (χ0) is 40.3. The normalized spacial score (nSPS) is 14.7. The molecule has 0 saturated heterocycles. The Balaban J connectivity index is 1.06. The number of aryl methyl sites for hydroxylation is 1. The van der Waals surface area contributed by atoms with Crippen LogP contribution < -0.4 is 0 Å². The highest BCUT2D eigenvalue weighted by Crippen LogP contribution is 2.45. The summed E-state index contributed by atoms with van der Waals surface area (Å²) in [7, 11) is 0. The Morgan fingerprint density at radius 3 is 1.95 bits per heavy atom. The van der Waals surface area contributed by atoms with Crippen LogP contribution in [-0.2, 0) is 6.42 Å². The predicted octanol–water partition coefficient (Wildman–Crippen LogP) is 15.0. The van der Waals surface area contributed by atoms with E-state index in [1.807, 2.05) is 30.3 Å². The standard InChI is InChI=1S/C57H39N3O/c1-3-17-36(18-4-1)55-58-56(37-19-5-2-6-20-37)60-57(59-55)51-34-39(35-53-54(51)49-29-15-16-30-52(49)61-53)41-22-8-10-24-43(41)42-23-9-7-21-40(42)38-31-32-48-46-27-12-11-25-44(46)45-26-13-14-28-47(45)50(48)33-38/h1-12,14-19,21-25,27-35,37H,13,20,26H2. The predicted molar refractivity (Wildman–Crippen MR) is 252 cm³/mol. The quantitative estimate of drug-likeness (QED) is 0.158. The highest BCUT2D eigenvalue weighted by atomic mass is 16.3. The number of hydrogen-bond donors (Lipinski definition) is 0. The van der Waals surface area contributed by atoms with E-state index in [2.05, 4.69) is 164 Å². The van der Waals surface area contributed by atoms with Gasteiger partial charge in [-0.05, 0) is 110 Å². The number of hydrogen-bond acceptors (Lipinski definition) is 4. The number of aromatic nitrogens is 3. The van der Waals surface area contributed by atoms with Crippen LogP contribution in [-0.4, -0.2) is 15.0 Å². The molecule has 0 aliphatic heterocycles. The van der Waals surface area contributed by atoms with Crippen molar-refractivity contribution in [1.29, 1.82) is 0 Å². The van der Waals surface area contributed by atoms with Gasteiger partial charge in [0.1, 0.15) is 17.0 Å². The highest BCUT2D eigenvalue weighted by molar-refractivity contribution is 6.15. The Kier molecular flexibility index (Phi) is 8.41. The summed E-state index contributed by atoms with van der Waals surface area (Å²) in [5.41, 5.74) is 13.1. The highest BCUT2D eigenvalue weighted by Gasteiger charge is 2.23. The molecule has 1 unspecified atom stereocenters. The van der Waals surface area contributed by atoms with E-state index < -0.39 is 0 Å². The molecule has 4 heteroatoms. The van der Waals surface area contributed by atoms with Crippen molar-refractivity contribution in [2.75, 3.05) is 0 Å². The van der Waals surface area contributed by atoms with Gasteiger partial charge in [0.15, 0.2) is 11.6 Å². The van der Waals surface area contributed by atoms with E-state index in [9.17, 15) is 0 Å². The van der Waals surface area contributed by atoms with Gasteiger partial charge in [-0.15, -0.1) is 0 Å². The van der Waals surface area contributed by atoms with Crippen LogP contribution in [0.25, 0.3) is 106 Å². The number of fused-ring (bicyclic) bond motifs is 9. The van der Waals surface area contributed by atoms with Crippen molar-refractivity contribution in [1.82, 2.24) is 15.0 Å². The third-order valence-electron chi connectivity index (χ3n) is 12.5. The molecule has 4 nitrogen and oxygen atoms in total. The van der Waals surface area contributed by atoms with E-state index in [0.717, 1.165) is 74.8 Å². The topological polar surface area (TPSA) is 51.8 Å². The molecule has 61 heavy (non-hydrogen) atoms. The van der Waals surface area contributed by atoms with Crippen LogP contribution in [0.15, 0.2) is 193 Å². The molecule has 10 aromatic rings. The van der Waals surface area contributed by atoms with Crippen LogP contribution in [0.5, 0.6) is 0 Å². The number of benzene rings is 8. The summed E-state index contributed by atoms with van der Waals surface area (Å²) in [5.74, 6) is 2.08. The Morgan fingerprint density at radius 2 is 1.15 bits per heavy atom. The minimum Gasteiger partial charge on any atom is -0.456 e. The van der Waals surface area contributed by atoms with Gasteiger partial charge >= 0.3 is 0 Å². The van der Waals surface area contributed by atoms with Crippen LogP contribution in [0, 0.1) is 0 Å². The first-order valence-electron chi connectivity index (χ1n) is 21.2. The second-order valence-electron chi connectivity index (χ2n) is 16.1. The Bertz CT molecular complexity index is 3460. The molecule has 0 bridgehead atoms. The van der Waals surface area contributed by atoms with E-state index in [-0.39, 0.29) is 5.92 Å². The number of nitrogens with zero attached hydrogens (tertiary/aromatic N) is 3. The van der Waals surface area contributed by atoms with Crippen molar-refractivity contribution in [3.63, 3.8) is 0 Å². The minimum absolute atomic E-state index is 0.0431. The van der Waals surface area contributed by atoms with Gasteiger partial charge in [-0.25, -0.2) is 15.0 Å². The zero-order valence-corrected chi connectivity index (χ0v) is 33.4. The molecule has 1 atom stereocenters. The van der Waals surface area contributed by atoms with Gasteiger partial charge < -0.3 is 4.42 Å². The smallest absolute Gasteiger partial charge is 0.164 e. The van der Waals surface area contributed by atoms with Gasteiger partial charge in [0.25, 0.3) is 0 Å². The molecule has 0 radical (unpaired) electrons. The molecule has 2 heterocycles. The molecule has 2 aliphatic carbocycles. The maximum Gasteiger partial charge on any atom is 0.164 e. The van der Waals surface area contributed by atoms with Crippen LogP contribution in [0.2, 0.25) is 0 Å². The lowest BCUT2D eigenvalue weighted by molar-refractivity contribution is 0.669. The summed E-state index contributed by atoms with van der Waals surface area (Å²) < 4.78 is 6.70. The third kappa shape index (κ3) is 6.02. The molecule has 8 aromatic carbocycles. The van der Waals surface area contributed by atoms with Crippen molar-refractivity contribution in [2.24, 2.45) is 0 Å². The van der Waals surface area contributed by atoms with Crippen molar-refractivity contribution in [3.8, 4) is 56.2 Å². The Morgan fingerprint density at radius 1 is 0.459 bits per heavy atom. The van der Waals surface area contributed by atoms with Crippen molar-refractivity contribution >= 4 is 49.6 Å². The fraction of sp³-hybridized carbons (Fsp3) is 0.0702. The summed E-state index contributed by atoms with van der Waals surface area (Å²) in [6.07, 6.45) is 16.2. The lowest BCUT2D eigenvalue weighted by Crippen LogP contribution is -2.08. The van der Waals surface area contributed by atoms with Gasteiger partial charge in [0.05, 0.1) is 0 Å². The average molecular weight is 782 g/mol. The number of rotatable bonds is 6. The maximum atomic E-state index is 6.70. The van der Waals surface area contributed by atoms with Crippen molar-refractivity contribution < 1.29 is 4.42 Å². The fourth-order valence-electron chi connectivity index (χ4n) is 9.64. The Hall–Kier alpha value is -7.69. The Labute approximate surface area is 353 Å². The van der Waals surface area contributed by atoms with Gasteiger partial charge in [0.2, 0.25) is 0 Å². The lowest BCUT2D eigenvalue weighted by atomic mass is 9.84. The maximum absolute atomic E-state index is 6.70. The number of para-hydroxylation sites is 1. The van der Waals surface area contributed by atoms with Crippen LogP contribution in [0.1, 0.15) is 35.7 Å². The SMILES string of the molecule is C1=CCC(c2nc(-c3ccccc3)nc(-c3cc(-c4ccccc4-c4ccccc4-c4ccc5c(c4)c4c(c6ccccc65)CCC=C4)cc4oc5ccccc5c34)n2)C=C1. The van der Waals surface area contributed by atoms with E-state index in [0.29, 0.717) is 11.6 Å². The van der Waals surface area contributed by atoms with Crippen LogP contribution >= 0.6 is 0 Å². The average Bonchev–Trinajstić information content (AvgIpc) is 3.73. The largest absolute Gasteiger partial charge is 0.456 e. The molecule has 2 aromatic heterocycles. The molecule has 12 rings (SSSR count). The zero-order valence-electron chi connectivity index (χ0n) is 33.4. The first-order chi connectivity index (χ1) is 30.2. The molecular formula is C57H39N3O.